The Balaban J connectivity index is 2.60. The van der Waals surface area contributed by atoms with Crippen molar-refractivity contribution in [3.8, 4) is 12.3 Å². The predicted octanol–water partition coefficient (Wildman–Crippen LogP) is 1.28. The van der Waals surface area contributed by atoms with Gasteiger partial charge in [-0.1, -0.05) is 42.3 Å². The number of benzene rings is 1. The Bertz CT molecular complexity index is 417. The highest BCUT2D eigenvalue weighted by atomic mass is 16.4. The molecule has 1 aromatic carbocycles. The highest BCUT2D eigenvalue weighted by Crippen LogP contribution is 2.04. The number of hydrogen-bond acceptors (Lipinski definition) is 3. The van der Waals surface area contributed by atoms with E-state index in [1.165, 1.54) is 0 Å². The Kier molecular flexibility index (Phi) is 5.05. The minimum absolute atomic E-state index is 0.0961. The highest BCUT2D eigenvalue weighted by molar-refractivity contribution is 5.96. The van der Waals surface area contributed by atoms with Gasteiger partial charge < -0.3 is 10.9 Å². The molecule has 4 N–H and O–H groups in total. The van der Waals surface area contributed by atoms with Gasteiger partial charge >= 0.3 is 0 Å². The number of amidine groups is 1. The van der Waals surface area contributed by atoms with E-state index in [1.807, 2.05) is 31.2 Å². The van der Waals surface area contributed by atoms with Gasteiger partial charge in [0.05, 0.1) is 6.04 Å². The van der Waals surface area contributed by atoms with Crippen LogP contribution in [0.1, 0.15) is 24.5 Å². The first-order valence-corrected chi connectivity index (χ1v) is 5.47. The fourth-order valence-corrected chi connectivity index (χ4v) is 1.41. The van der Waals surface area contributed by atoms with E-state index < -0.39 is 0 Å². The highest BCUT2D eigenvalue weighted by Gasteiger charge is 2.02. The standard InChI is InChI=1S/C13H17N3O/c1-3-12(4-2)15-9-10-5-7-11(8-6-10)13(14)16-17/h1,5-8,12,15,17H,4,9H2,2H3,(H2,14,16). The number of rotatable bonds is 5. The number of oxime groups is 1. The van der Waals surface area contributed by atoms with Gasteiger partial charge in [0, 0.05) is 12.1 Å². The number of nitrogens with one attached hydrogen (secondary N) is 1. The molecular formula is C13H17N3O. The fraction of sp³-hybridized carbons (Fsp3) is 0.308. The maximum Gasteiger partial charge on any atom is 0.170 e. The smallest absolute Gasteiger partial charge is 0.170 e. The van der Waals surface area contributed by atoms with Crippen LogP contribution >= 0.6 is 0 Å². The predicted molar refractivity (Wildman–Crippen MR) is 68.7 cm³/mol. The van der Waals surface area contributed by atoms with E-state index in [9.17, 15) is 0 Å². The molecule has 0 radical (unpaired) electrons. The van der Waals surface area contributed by atoms with Gasteiger partial charge in [0.25, 0.3) is 0 Å². The van der Waals surface area contributed by atoms with Crippen molar-refractivity contribution in [1.82, 2.24) is 5.32 Å². The van der Waals surface area contributed by atoms with Gasteiger partial charge in [0.2, 0.25) is 0 Å². The summed E-state index contributed by atoms with van der Waals surface area (Å²) < 4.78 is 0. The van der Waals surface area contributed by atoms with E-state index in [1.54, 1.807) is 0 Å². The Morgan fingerprint density at radius 2 is 2.18 bits per heavy atom. The van der Waals surface area contributed by atoms with Crippen LogP contribution in [0.4, 0.5) is 0 Å². The lowest BCUT2D eigenvalue weighted by Crippen LogP contribution is -2.26. The second kappa shape index (κ2) is 6.56. The van der Waals surface area contributed by atoms with Crippen molar-refractivity contribution in [2.24, 2.45) is 10.9 Å². The van der Waals surface area contributed by atoms with Crippen LogP contribution in [0.5, 0.6) is 0 Å². The zero-order valence-corrected chi connectivity index (χ0v) is 9.85. The lowest BCUT2D eigenvalue weighted by molar-refractivity contribution is 0.318. The van der Waals surface area contributed by atoms with E-state index in [0.29, 0.717) is 12.1 Å². The molecule has 1 unspecified atom stereocenters. The van der Waals surface area contributed by atoms with Crippen LogP contribution in [0.25, 0.3) is 0 Å². The van der Waals surface area contributed by atoms with Crippen LogP contribution in [-0.2, 0) is 6.54 Å². The normalized spacial score (nSPS) is 13.1. The molecule has 4 nitrogen and oxygen atoms in total. The minimum Gasteiger partial charge on any atom is -0.409 e. The Morgan fingerprint density at radius 1 is 1.53 bits per heavy atom. The van der Waals surface area contributed by atoms with Crippen molar-refractivity contribution in [2.75, 3.05) is 0 Å². The SMILES string of the molecule is C#CC(CC)NCc1ccc(/C(N)=N/O)cc1. The van der Waals surface area contributed by atoms with Crippen molar-refractivity contribution >= 4 is 5.84 Å². The molecule has 0 aliphatic carbocycles. The number of hydrogen-bond donors (Lipinski definition) is 3. The zero-order chi connectivity index (χ0) is 12.7. The van der Waals surface area contributed by atoms with Gasteiger partial charge in [0.1, 0.15) is 0 Å². The molecule has 0 spiro atoms. The first kappa shape index (κ1) is 13.1. The maximum absolute atomic E-state index is 8.53. The third-order valence-corrected chi connectivity index (χ3v) is 2.52. The summed E-state index contributed by atoms with van der Waals surface area (Å²) in [6.07, 6.45) is 6.26. The average molecular weight is 231 g/mol. The van der Waals surface area contributed by atoms with E-state index in [-0.39, 0.29) is 11.9 Å². The van der Waals surface area contributed by atoms with Crippen molar-refractivity contribution < 1.29 is 5.21 Å². The van der Waals surface area contributed by atoms with Crippen molar-refractivity contribution in [2.45, 2.75) is 25.9 Å². The summed E-state index contributed by atoms with van der Waals surface area (Å²) in [5, 5.41) is 14.7. The zero-order valence-electron chi connectivity index (χ0n) is 9.85. The topological polar surface area (TPSA) is 70.6 Å². The van der Waals surface area contributed by atoms with Gasteiger partial charge in [-0.05, 0) is 12.0 Å². The number of nitrogens with zero attached hydrogens (tertiary/aromatic N) is 1. The molecule has 1 rings (SSSR count). The summed E-state index contributed by atoms with van der Waals surface area (Å²) in [6.45, 7) is 2.75. The van der Waals surface area contributed by atoms with Crippen LogP contribution in [0.2, 0.25) is 0 Å². The van der Waals surface area contributed by atoms with Crippen LogP contribution < -0.4 is 11.1 Å². The average Bonchev–Trinajstić information content (AvgIpc) is 2.39. The Morgan fingerprint density at radius 3 is 2.65 bits per heavy atom. The molecule has 0 fully saturated rings. The summed E-state index contributed by atoms with van der Waals surface area (Å²) in [5.41, 5.74) is 7.27. The molecule has 0 aliphatic heterocycles. The van der Waals surface area contributed by atoms with E-state index >= 15 is 0 Å². The quantitative estimate of drug-likeness (QED) is 0.235. The lowest BCUT2D eigenvalue weighted by Gasteiger charge is -2.10. The summed E-state index contributed by atoms with van der Waals surface area (Å²) in [6, 6.07) is 7.55. The Labute approximate surface area is 102 Å². The van der Waals surface area contributed by atoms with Gasteiger partial charge in [-0.2, -0.15) is 0 Å². The van der Waals surface area contributed by atoms with Crippen molar-refractivity contribution in [1.29, 1.82) is 0 Å². The third kappa shape index (κ3) is 3.82. The maximum atomic E-state index is 8.53. The molecule has 0 aliphatic rings. The fourth-order valence-electron chi connectivity index (χ4n) is 1.41. The second-order valence-corrected chi connectivity index (χ2v) is 3.69. The van der Waals surface area contributed by atoms with Crippen LogP contribution in [0, 0.1) is 12.3 Å². The van der Waals surface area contributed by atoms with E-state index in [4.69, 9.17) is 17.4 Å². The molecule has 90 valence electrons. The van der Waals surface area contributed by atoms with Gasteiger partial charge in [-0.3, -0.25) is 5.32 Å². The van der Waals surface area contributed by atoms with Crippen molar-refractivity contribution in [3.05, 3.63) is 35.4 Å². The molecule has 0 saturated carbocycles. The summed E-state index contributed by atoms with van der Waals surface area (Å²) >= 11 is 0. The molecule has 0 amide bonds. The molecular weight excluding hydrogens is 214 g/mol. The first-order valence-electron chi connectivity index (χ1n) is 5.47. The van der Waals surface area contributed by atoms with Gasteiger partial charge in [-0.15, -0.1) is 6.42 Å². The molecule has 0 aromatic heterocycles. The summed E-state index contributed by atoms with van der Waals surface area (Å²) in [4.78, 5) is 0. The van der Waals surface area contributed by atoms with Crippen LogP contribution in [0.3, 0.4) is 0 Å². The third-order valence-electron chi connectivity index (χ3n) is 2.52. The largest absolute Gasteiger partial charge is 0.409 e. The Hall–Kier alpha value is -1.99. The minimum atomic E-state index is 0.0961. The lowest BCUT2D eigenvalue weighted by atomic mass is 10.1. The van der Waals surface area contributed by atoms with Gasteiger partial charge in [0.15, 0.2) is 5.84 Å². The summed E-state index contributed by atoms with van der Waals surface area (Å²) in [5.74, 6) is 2.79. The van der Waals surface area contributed by atoms with Crippen molar-refractivity contribution in [3.63, 3.8) is 0 Å². The molecule has 1 aromatic rings. The second-order valence-electron chi connectivity index (χ2n) is 3.69. The number of terminal acetylenes is 1. The van der Waals surface area contributed by atoms with Crippen LogP contribution in [-0.4, -0.2) is 17.1 Å². The molecule has 4 heteroatoms. The van der Waals surface area contributed by atoms with Crippen LogP contribution in [0.15, 0.2) is 29.4 Å². The van der Waals surface area contributed by atoms with E-state index in [2.05, 4.69) is 16.4 Å². The van der Waals surface area contributed by atoms with Gasteiger partial charge in [-0.25, -0.2) is 0 Å². The molecule has 0 bridgehead atoms. The monoisotopic (exact) mass is 231 g/mol. The molecule has 0 saturated heterocycles. The number of nitrogens with two attached hydrogens (primary N) is 1. The summed E-state index contributed by atoms with van der Waals surface area (Å²) in [7, 11) is 0. The molecule has 1 atom stereocenters. The molecule has 17 heavy (non-hydrogen) atoms. The first-order chi connectivity index (χ1) is 8.21. The van der Waals surface area contributed by atoms with E-state index in [0.717, 1.165) is 12.0 Å². The molecule has 0 heterocycles.